The summed E-state index contributed by atoms with van der Waals surface area (Å²) in [6, 6.07) is 4.65. The Balaban J connectivity index is 1.50. The molecule has 0 spiro atoms. The molecular formula is C24H24FN7O4. The monoisotopic (exact) mass is 493 g/mol. The van der Waals surface area contributed by atoms with E-state index in [0.29, 0.717) is 31.1 Å². The van der Waals surface area contributed by atoms with Gasteiger partial charge in [-0.15, -0.1) is 0 Å². The first kappa shape index (κ1) is 22.8. The molecular weight excluding hydrogens is 469 g/mol. The van der Waals surface area contributed by atoms with Crippen LogP contribution in [0.25, 0.3) is 28.1 Å². The number of ether oxygens (including phenoxy) is 1. The number of halogens is 1. The summed E-state index contributed by atoms with van der Waals surface area (Å²) in [6.45, 7) is 2.57. The molecule has 4 aromatic rings. The SMILES string of the molecule is N#Cc1c(F)ccc2c1n(CCN1CCCC(O)C1)c(=O)c1c(-c3noc(C4CCCO4)n3)ncn12. The highest BCUT2D eigenvalue weighted by molar-refractivity contribution is 5.87. The molecule has 6 rings (SSSR count). The fourth-order valence-corrected chi connectivity index (χ4v) is 5.18. The lowest BCUT2D eigenvalue weighted by Gasteiger charge is -2.30. The number of nitriles is 1. The molecule has 186 valence electrons. The highest BCUT2D eigenvalue weighted by Gasteiger charge is 2.27. The molecule has 3 aromatic heterocycles. The summed E-state index contributed by atoms with van der Waals surface area (Å²) in [5.74, 6) is -0.208. The van der Waals surface area contributed by atoms with Crippen LogP contribution in [0.15, 0.2) is 27.8 Å². The molecule has 0 saturated carbocycles. The number of rotatable bonds is 5. The van der Waals surface area contributed by atoms with Crippen LogP contribution < -0.4 is 5.56 Å². The first-order chi connectivity index (χ1) is 17.5. The van der Waals surface area contributed by atoms with E-state index < -0.39 is 17.5 Å². The van der Waals surface area contributed by atoms with Gasteiger partial charge in [0.05, 0.1) is 17.1 Å². The second kappa shape index (κ2) is 9.09. The van der Waals surface area contributed by atoms with E-state index in [1.54, 1.807) is 0 Å². The Morgan fingerprint density at radius 3 is 2.89 bits per heavy atom. The molecule has 2 unspecified atom stereocenters. The minimum absolute atomic E-state index is 0.160. The highest BCUT2D eigenvalue weighted by atomic mass is 19.1. The van der Waals surface area contributed by atoms with Gasteiger partial charge in [0, 0.05) is 26.2 Å². The van der Waals surface area contributed by atoms with Crippen molar-refractivity contribution < 1.29 is 18.8 Å². The largest absolute Gasteiger partial charge is 0.392 e. The molecule has 2 aliphatic rings. The van der Waals surface area contributed by atoms with E-state index in [0.717, 1.165) is 32.2 Å². The average molecular weight is 493 g/mol. The number of nitrogens with zero attached hydrogens (tertiary/aromatic N) is 7. The molecule has 11 nitrogen and oxygen atoms in total. The zero-order valence-electron chi connectivity index (χ0n) is 19.4. The Hall–Kier alpha value is -3.66. The predicted molar refractivity (Wildman–Crippen MR) is 125 cm³/mol. The van der Waals surface area contributed by atoms with Crippen LogP contribution in [0.1, 0.15) is 43.2 Å². The number of β-amino-alcohol motifs (C(OH)–C–C–N with tert-alkyl or cyclic N) is 1. The molecule has 0 amide bonds. The minimum Gasteiger partial charge on any atom is -0.392 e. The number of fused-ring (bicyclic) bond motifs is 3. The summed E-state index contributed by atoms with van der Waals surface area (Å²) in [7, 11) is 0. The first-order valence-electron chi connectivity index (χ1n) is 12.0. The molecule has 2 saturated heterocycles. The smallest absolute Gasteiger partial charge is 0.277 e. The molecule has 5 heterocycles. The summed E-state index contributed by atoms with van der Waals surface area (Å²) >= 11 is 0. The van der Waals surface area contributed by atoms with Crippen molar-refractivity contribution in [3.8, 4) is 17.6 Å². The van der Waals surface area contributed by atoms with Gasteiger partial charge >= 0.3 is 0 Å². The van der Waals surface area contributed by atoms with Gasteiger partial charge in [-0.3, -0.25) is 14.1 Å². The van der Waals surface area contributed by atoms with Crippen LogP contribution in [0.4, 0.5) is 4.39 Å². The first-order valence-corrected chi connectivity index (χ1v) is 12.0. The predicted octanol–water partition coefficient (Wildman–Crippen LogP) is 2.02. The summed E-state index contributed by atoms with van der Waals surface area (Å²) < 4.78 is 28.6. The second-order valence-electron chi connectivity index (χ2n) is 9.23. The van der Waals surface area contributed by atoms with E-state index in [1.165, 1.54) is 27.4 Å². The van der Waals surface area contributed by atoms with E-state index >= 15 is 0 Å². The van der Waals surface area contributed by atoms with Gasteiger partial charge in [0.25, 0.3) is 11.4 Å². The maximum atomic E-state index is 14.6. The number of aliphatic hydroxyl groups excluding tert-OH is 1. The quantitative estimate of drug-likeness (QED) is 0.443. The molecule has 0 radical (unpaired) electrons. The van der Waals surface area contributed by atoms with Gasteiger partial charge in [0.15, 0.2) is 0 Å². The summed E-state index contributed by atoms with van der Waals surface area (Å²) in [4.78, 5) is 24.8. The fraction of sp³-hybridized carbons (Fsp3) is 0.458. The number of piperidine rings is 1. The fourth-order valence-electron chi connectivity index (χ4n) is 5.18. The third kappa shape index (κ3) is 3.76. The number of aromatic nitrogens is 5. The average Bonchev–Trinajstić information content (AvgIpc) is 3.64. The van der Waals surface area contributed by atoms with E-state index in [9.17, 15) is 19.6 Å². The molecule has 0 bridgehead atoms. The Morgan fingerprint density at radius 1 is 1.22 bits per heavy atom. The Kier molecular flexibility index (Phi) is 5.75. The molecule has 1 N–H and O–H groups in total. The second-order valence-corrected chi connectivity index (χ2v) is 9.23. The number of hydrogen-bond donors (Lipinski definition) is 1. The standard InChI is InChI=1S/C24H24FN7O4/c25-16-5-6-17-20(15(16)11-26)31(9-8-30-7-1-3-14(33)12-30)24(34)21-19(27-13-32(17)21)22-28-23(36-29-22)18-4-2-10-35-18/h5-6,13-14,18,33H,1-4,7-10,12H2. The van der Waals surface area contributed by atoms with Gasteiger partial charge < -0.3 is 18.9 Å². The minimum atomic E-state index is -0.703. The van der Waals surface area contributed by atoms with Crippen LogP contribution in [0.3, 0.4) is 0 Å². The van der Waals surface area contributed by atoms with E-state index in [4.69, 9.17) is 9.26 Å². The summed E-state index contributed by atoms with van der Waals surface area (Å²) in [6.07, 6.45) is 4.02. The van der Waals surface area contributed by atoms with Gasteiger partial charge in [-0.1, -0.05) is 5.16 Å². The van der Waals surface area contributed by atoms with Crippen LogP contribution in [0.2, 0.25) is 0 Å². The molecule has 12 heteroatoms. The van der Waals surface area contributed by atoms with Crippen molar-refractivity contribution >= 4 is 16.6 Å². The zero-order chi connectivity index (χ0) is 24.8. The van der Waals surface area contributed by atoms with Crippen molar-refractivity contribution in [1.29, 1.82) is 5.26 Å². The van der Waals surface area contributed by atoms with Crippen LogP contribution in [0.5, 0.6) is 0 Å². The molecule has 2 fully saturated rings. The topological polar surface area (TPSA) is 135 Å². The molecule has 0 aliphatic carbocycles. The van der Waals surface area contributed by atoms with Crippen molar-refractivity contribution in [1.82, 2.24) is 29.0 Å². The number of hydrogen-bond acceptors (Lipinski definition) is 9. The van der Waals surface area contributed by atoms with Crippen LogP contribution in [-0.4, -0.2) is 66.4 Å². The van der Waals surface area contributed by atoms with Gasteiger partial charge in [-0.25, -0.2) is 9.37 Å². The van der Waals surface area contributed by atoms with Gasteiger partial charge in [0.1, 0.15) is 41.1 Å². The normalized spacial score (nSPS) is 20.9. The lowest BCUT2D eigenvalue weighted by molar-refractivity contribution is 0.0690. The van der Waals surface area contributed by atoms with Crippen molar-refractivity contribution in [2.75, 3.05) is 26.2 Å². The van der Waals surface area contributed by atoms with Gasteiger partial charge in [-0.05, 0) is 44.4 Å². The third-order valence-electron chi connectivity index (χ3n) is 6.94. The zero-order valence-corrected chi connectivity index (χ0v) is 19.4. The van der Waals surface area contributed by atoms with Crippen molar-refractivity contribution in [3.05, 3.63) is 46.1 Å². The number of benzene rings is 1. The van der Waals surface area contributed by atoms with E-state index in [1.807, 2.05) is 6.07 Å². The Bertz CT molecular complexity index is 1550. The maximum Gasteiger partial charge on any atom is 0.277 e. The molecule has 36 heavy (non-hydrogen) atoms. The van der Waals surface area contributed by atoms with Crippen molar-refractivity contribution in [2.45, 2.75) is 44.4 Å². The third-order valence-corrected chi connectivity index (χ3v) is 6.94. The number of likely N-dealkylation sites (tertiary alicyclic amines) is 1. The van der Waals surface area contributed by atoms with Gasteiger partial charge in [0.2, 0.25) is 5.82 Å². The summed E-state index contributed by atoms with van der Waals surface area (Å²) in [5, 5.41) is 23.8. The van der Waals surface area contributed by atoms with Crippen molar-refractivity contribution in [2.24, 2.45) is 0 Å². The lowest BCUT2D eigenvalue weighted by atomic mass is 10.1. The van der Waals surface area contributed by atoms with Crippen LogP contribution in [-0.2, 0) is 11.3 Å². The van der Waals surface area contributed by atoms with Gasteiger partial charge in [-0.2, -0.15) is 10.2 Å². The highest BCUT2D eigenvalue weighted by Crippen LogP contribution is 2.30. The van der Waals surface area contributed by atoms with Crippen LogP contribution in [0, 0.1) is 17.1 Å². The lowest BCUT2D eigenvalue weighted by Crippen LogP contribution is -2.41. The number of imidazole rings is 1. The van der Waals surface area contributed by atoms with Crippen LogP contribution >= 0.6 is 0 Å². The molecule has 1 aromatic carbocycles. The van der Waals surface area contributed by atoms with E-state index in [-0.39, 0.29) is 40.8 Å². The molecule has 2 atom stereocenters. The Morgan fingerprint density at radius 2 is 2.11 bits per heavy atom. The van der Waals surface area contributed by atoms with E-state index in [2.05, 4.69) is 20.0 Å². The Labute approximate surface area is 204 Å². The van der Waals surface area contributed by atoms with Crippen molar-refractivity contribution in [3.63, 3.8) is 0 Å². The number of aliphatic hydroxyl groups is 1. The summed E-state index contributed by atoms with van der Waals surface area (Å²) in [5.41, 5.74) is 0.447. The maximum absolute atomic E-state index is 14.6. The molecule has 2 aliphatic heterocycles.